The highest BCUT2D eigenvalue weighted by Crippen LogP contribution is 2.07. The molecule has 0 aliphatic heterocycles. The maximum Gasteiger partial charge on any atom is 0.305 e. The van der Waals surface area contributed by atoms with Crippen LogP contribution in [0.3, 0.4) is 0 Å². The van der Waals surface area contributed by atoms with Crippen LogP contribution in [0, 0.1) is 0 Å². The van der Waals surface area contributed by atoms with E-state index in [-0.39, 0.29) is 12.1 Å². The lowest BCUT2D eigenvalue weighted by Crippen LogP contribution is -2.06. The largest absolute Gasteiger partial charge is 0.469 e. The maximum absolute atomic E-state index is 10.9. The van der Waals surface area contributed by atoms with Crippen LogP contribution in [0.4, 0.5) is 0 Å². The number of esters is 1. The van der Waals surface area contributed by atoms with E-state index in [9.17, 15) is 4.79 Å². The van der Waals surface area contributed by atoms with Crippen molar-refractivity contribution in [3.05, 3.63) is 48.6 Å². The van der Waals surface area contributed by atoms with Crippen molar-refractivity contribution >= 4 is 5.97 Å². The smallest absolute Gasteiger partial charge is 0.305 e. The molecule has 0 aromatic carbocycles. The summed E-state index contributed by atoms with van der Waals surface area (Å²) in [6.45, 7) is 2.15. The first-order valence-corrected chi connectivity index (χ1v) is 9.24. The molecule has 0 aliphatic rings. The van der Waals surface area contributed by atoms with Gasteiger partial charge in [0, 0.05) is 6.42 Å². The van der Waals surface area contributed by atoms with Gasteiger partial charge in [0.1, 0.15) is 6.10 Å². The second kappa shape index (κ2) is 18.7. The first kappa shape index (κ1) is 23.4. The number of hydrogen-bond acceptors (Lipinski definition) is 4. The van der Waals surface area contributed by atoms with Gasteiger partial charge in [0.2, 0.25) is 0 Å². The van der Waals surface area contributed by atoms with Crippen LogP contribution < -0.4 is 0 Å². The molecular weight excluding hydrogens is 316 g/mol. The highest BCUT2D eigenvalue weighted by molar-refractivity contribution is 5.69. The van der Waals surface area contributed by atoms with E-state index in [4.69, 9.17) is 5.26 Å². The lowest BCUT2D eigenvalue weighted by atomic mass is 10.1. The Hall–Kier alpha value is -1.65. The van der Waals surface area contributed by atoms with Crippen LogP contribution in [-0.2, 0) is 14.4 Å². The van der Waals surface area contributed by atoms with E-state index < -0.39 is 0 Å². The van der Waals surface area contributed by atoms with Crippen LogP contribution in [0.5, 0.6) is 0 Å². The van der Waals surface area contributed by atoms with E-state index in [0.717, 1.165) is 51.4 Å². The fraction of sp³-hybridized carbons (Fsp3) is 0.571. The van der Waals surface area contributed by atoms with Crippen molar-refractivity contribution in [3.8, 4) is 0 Å². The Bertz CT molecular complexity index is 422. The lowest BCUT2D eigenvalue weighted by molar-refractivity contribution is -0.267. The van der Waals surface area contributed by atoms with Crippen molar-refractivity contribution in [2.24, 2.45) is 0 Å². The Kier molecular flexibility index (Phi) is 17.5. The van der Waals surface area contributed by atoms with Crippen LogP contribution in [0.2, 0.25) is 0 Å². The third-order valence-corrected chi connectivity index (χ3v) is 3.66. The summed E-state index contributed by atoms with van der Waals surface area (Å²) in [6.07, 6.45) is 24.3. The number of unbranched alkanes of at least 4 members (excludes halogenated alkanes) is 3. The zero-order valence-corrected chi connectivity index (χ0v) is 15.7. The molecule has 0 radical (unpaired) electrons. The van der Waals surface area contributed by atoms with E-state index in [1.807, 2.05) is 18.2 Å². The molecule has 0 amide bonds. The summed E-state index contributed by atoms with van der Waals surface area (Å²) in [4.78, 5) is 15.4. The van der Waals surface area contributed by atoms with Gasteiger partial charge in [-0.15, -0.1) is 0 Å². The van der Waals surface area contributed by atoms with Crippen molar-refractivity contribution in [2.75, 3.05) is 7.11 Å². The number of allylic oxidation sites excluding steroid dienone is 7. The predicted molar refractivity (Wildman–Crippen MR) is 103 cm³/mol. The maximum atomic E-state index is 10.9. The third-order valence-electron chi connectivity index (χ3n) is 3.66. The van der Waals surface area contributed by atoms with Crippen LogP contribution in [0.25, 0.3) is 0 Å². The lowest BCUT2D eigenvalue weighted by Gasteiger charge is -2.07. The SMILES string of the molecule is CCCCCC(C=CC=CCC=CCC=CCCCC(=O)OC)OO. The molecular formula is C21H34O4. The molecule has 0 saturated carbocycles. The Balaban J connectivity index is 3.70. The molecule has 1 N–H and O–H groups in total. The van der Waals surface area contributed by atoms with Gasteiger partial charge >= 0.3 is 5.97 Å². The summed E-state index contributed by atoms with van der Waals surface area (Å²) >= 11 is 0. The van der Waals surface area contributed by atoms with E-state index in [1.165, 1.54) is 7.11 Å². The van der Waals surface area contributed by atoms with Gasteiger partial charge in [-0.3, -0.25) is 10.1 Å². The molecule has 1 atom stereocenters. The Morgan fingerprint density at radius 3 is 2.40 bits per heavy atom. The second-order valence-corrected chi connectivity index (χ2v) is 5.84. The Labute approximate surface area is 152 Å². The van der Waals surface area contributed by atoms with Crippen molar-refractivity contribution in [1.82, 2.24) is 0 Å². The number of ether oxygens (including phenoxy) is 1. The second-order valence-electron chi connectivity index (χ2n) is 5.84. The predicted octanol–water partition coefficient (Wildman–Crippen LogP) is 5.77. The molecule has 4 nitrogen and oxygen atoms in total. The topological polar surface area (TPSA) is 55.8 Å². The fourth-order valence-electron chi connectivity index (χ4n) is 2.15. The van der Waals surface area contributed by atoms with Gasteiger partial charge in [0.05, 0.1) is 7.11 Å². The summed E-state index contributed by atoms with van der Waals surface area (Å²) in [5.41, 5.74) is 0. The minimum Gasteiger partial charge on any atom is -0.469 e. The van der Waals surface area contributed by atoms with E-state index in [0.29, 0.717) is 6.42 Å². The van der Waals surface area contributed by atoms with Crippen LogP contribution >= 0.6 is 0 Å². The molecule has 25 heavy (non-hydrogen) atoms. The standard InChI is InChI=1S/C21H34O4/c1-3-4-14-17-20(25-23)18-15-12-10-8-6-5-7-9-11-13-16-19-21(22)24-2/h5-6,9-12,15,18,20,23H,3-4,7-8,13-14,16-17,19H2,1-2H3. The molecule has 142 valence electrons. The number of rotatable bonds is 15. The van der Waals surface area contributed by atoms with E-state index in [1.54, 1.807) is 0 Å². The van der Waals surface area contributed by atoms with Gasteiger partial charge in [0.25, 0.3) is 0 Å². The van der Waals surface area contributed by atoms with Gasteiger partial charge < -0.3 is 4.74 Å². The molecule has 4 heteroatoms. The molecule has 0 aromatic heterocycles. The van der Waals surface area contributed by atoms with Crippen LogP contribution in [-0.4, -0.2) is 24.4 Å². The highest BCUT2D eigenvalue weighted by atomic mass is 17.1. The molecule has 0 spiro atoms. The average Bonchev–Trinajstić information content (AvgIpc) is 2.63. The van der Waals surface area contributed by atoms with Crippen LogP contribution in [0.1, 0.15) is 64.7 Å². The minimum atomic E-state index is -0.212. The highest BCUT2D eigenvalue weighted by Gasteiger charge is 2.02. The van der Waals surface area contributed by atoms with Gasteiger partial charge in [-0.2, -0.15) is 0 Å². The third kappa shape index (κ3) is 17.0. The first-order valence-electron chi connectivity index (χ1n) is 9.24. The summed E-state index contributed by atoms with van der Waals surface area (Å²) in [7, 11) is 1.42. The molecule has 0 rings (SSSR count). The van der Waals surface area contributed by atoms with Crippen molar-refractivity contribution in [2.45, 2.75) is 70.8 Å². The summed E-state index contributed by atoms with van der Waals surface area (Å²) < 4.78 is 4.59. The number of carbonyl (C=O) groups is 1. The zero-order chi connectivity index (χ0) is 18.6. The first-order chi connectivity index (χ1) is 12.2. The zero-order valence-electron chi connectivity index (χ0n) is 15.7. The molecule has 0 fully saturated rings. The summed E-state index contributed by atoms with van der Waals surface area (Å²) in [6, 6.07) is 0. The number of methoxy groups -OCH3 is 1. The van der Waals surface area contributed by atoms with Gasteiger partial charge in [0.15, 0.2) is 0 Å². The molecule has 0 aliphatic carbocycles. The van der Waals surface area contributed by atoms with E-state index >= 15 is 0 Å². The van der Waals surface area contributed by atoms with Crippen molar-refractivity contribution < 1.29 is 19.7 Å². The molecule has 0 saturated heterocycles. The van der Waals surface area contributed by atoms with Gasteiger partial charge in [-0.05, 0) is 32.1 Å². The average molecular weight is 350 g/mol. The van der Waals surface area contributed by atoms with Gasteiger partial charge in [-0.25, -0.2) is 4.89 Å². The Morgan fingerprint density at radius 1 is 1.00 bits per heavy atom. The number of hydrogen-bond donors (Lipinski definition) is 1. The van der Waals surface area contributed by atoms with Crippen molar-refractivity contribution in [1.29, 1.82) is 0 Å². The van der Waals surface area contributed by atoms with E-state index in [2.05, 4.69) is 46.9 Å². The molecule has 0 aromatic rings. The molecule has 0 bridgehead atoms. The summed E-state index contributed by atoms with van der Waals surface area (Å²) in [5.74, 6) is -0.146. The number of carbonyl (C=O) groups excluding carboxylic acids is 1. The normalized spacial score (nSPS) is 13.6. The van der Waals surface area contributed by atoms with Gasteiger partial charge in [-0.1, -0.05) is 74.8 Å². The molecule has 1 unspecified atom stereocenters. The summed E-state index contributed by atoms with van der Waals surface area (Å²) in [5, 5.41) is 8.83. The minimum absolute atomic E-state index is 0.146. The monoisotopic (exact) mass is 350 g/mol. The molecule has 0 heterocycles. The fourth-order valence-corrected chi connectivity index (χ4v) is 2.15. The van der Waals surface area contributed by atoms with Crippen LogP contribution in [0.15, 0.2) is 48.6 Å². The Morgan fingerprint density at radius 2 is 1.72 bits per heavy atom. The van der Waals surface area contributed by atoms with Crippen molar-refractivity contribution in [3.63, 3.8) is 0 Å². The quantitative estimate of drug-likeness (QED) is 0.102.